The van der Waals surface area contributed by atoms with Crippen LogP contribution < -0.4 is 10.2 Å². The van der Waals surface area contributed by atoms with Crippen LogP contribution in [0.25, 0.3) is 0 Å². The quantitative estimate of drug-likeness (QED) is 0.625. The first-order valence-electron chi connectivity index (χ1n) is 12.1. The second-order valence-corrected chi connectivity index (χ2v) is 9.43. The lowest BCUT2D eigenvalue weighted by Gasteiger charge is -2.29. The van der Waals surface area contributed by atoms with Gasteiger partial charge in [0.2, 0.25) is 5.91 Å². The van der Waals surface area contributed by atoms with E-state index in [0.29, 0.717) is 25.1 Å². The normalized spacial score (nSPS) is 19.7. The molecule has 0 aliphatic carbocycles. The molecule has 2 amide bonds. The number of hydrogen-bond acceptors (Lipinski definition) is 3. The average Bonchev–Trinajstić information content (AvgIpc) is 3.15. The van der Waals surface area contributed by atoms with Crippen LogP contribution in [0.2, 0.25) is 0 Å². The molecular weight excluding hydrogens is 422 g/mol. The molecule has 0 bridgehead atoms. The monoisotopic (exact) mass is 453 g/mol. The maximum absolute atomic E-state index is 13.4. The molecule has 0 spiro atoms. The molecule has 174 valence electrons. The van der Waals surface area contributed by atoms with E-state index in [-0.39, 0.29) is 23.9 Å². The van der Waals surface area contributed by atoms with E-state index in [1.807, 2.05) is 78.6 Å². The topological polar surface area (TPSA) is 52.7 Å². The third-order valence-corrected chi connectivity index (χ3v) is 7.09. The third-order valence-electron chi connectivity index (χ3n) is 7.09. The van der Waals surface area contributed by atoms with Gasteiger partial charge in [-0.15, -0.1) is 0 Å². The van der Waals surface area contributed by atoms with Crippen molar-refractivity contribution in [3.8, 4) is 0 Å². The Kier molecular flexibility index (Phi) is 6.45. The van der Waals surface area contributed by atoms with E-state index in [0.717, 1.165) is 36.2 Å². The van der Waals surface area contributed by atoms with Crippen LogP contribution in [0.5, 0.6) is 0 Å². The van der Waals surface area contributed by atoms with Crippen LogP contribution in [0, 0.1) is 6.92 Å². The number of nitrogens with zero attached hydrogens (tertiary/aromatic N) is 2. The van der Waals surface area contributed by atoms with Crippen molar-refractivity contribution in [2.75, 3.05) is 18.0 Å². The summed E-state index contributed by atoms with van der Waals surface area (Å²) in [5.74, 6) is 0.105. The molecule has 0 unspecified atom stereocenters. The Morgan fingerprint density at radius 3 is 2.44 bits per heavy atom. The van der Waals surface area contributed by atoms with Gasteiger partial charge in [-0.25, -0.2) is 0 Å². The molecule has 2 atom stereocenters. The first-order valence-corrected chi connectivity index (χ1v) is 12.1. The largest absolute Gasteiger partial charge is 0.354 e. The summed E-state index contributed by atoms with van der Waals surface area (Å²) in [6.07, 6.45) is 2.44. The molecule has 0 radical (unpaired) electrons. The molecule has 2 aliphatic heterocycles. The molecule has 34 heavy (non-hydrogen) atoms. The Morgan fingerprint density at radius 1 is 0.912 bits per heavy atom. The molecule has 3 aromatic rings. The van der Waals surface area contributed by atoms with Crippen LogP contribution in [-0.4, -0.2) is 41.9 Å². The fourth-order valence-electron chi connectivity index (χ4n) is 5.22. The average molecular weight is 454 g/mol. The molecule has 1 N–H and O–H groups in total. The summed E-state index contributed by atoms with van der Waals surface area (Å²) in [5, 5.41) is 3.16. The molecular formula is C29H31N3O2. The summed E-state index contributed by atoms with van der Waals surface area (Å²) in [4.78, 5) is 30.5. The number of carbonyl (C=O) groups is 2. The van der Waals surface area contributed by atoms with Crippen molar-refractivity contribution in [1.29, 1.82) is 0 Å². The maximum Gasteiger partial charge on any atom is 0.258 e. The lowest BCUT2D eigenvalue weighted by atomic mass is 10.1. The number of fused-ring (bicyclic) bond motifs is 2. The first kappa shape index (κ1) is 22.4. The van der Waals surface area contributed by atoms with Gasteiger partial charge in [-0.1, -0.05) is 66.2 Å². The van der Waals surface area contributed by atoms with Crippen LogP contribution in [0.4, 0.5) is 5.69 Å². The van der Waals surface area contributed by atoms with E-state index in [9.17, 15) is 9.59 Å². The summed E-state index contributed by atoms with van der Waals surface area (Å²) < 4.78 is 0. The van der Waals surface area contributed by atoms with Crippen LogP contribution in [-0.2, 0) is 17.8 Å². The van der Waals surface area contributed by atoms with Gasteiger partial charge in [-0.3, -0.25) is 14.5 Å². The van der Waals surface area contributed by atoms with Crippen molar-refractivity contribution in [1.82, 2.24) is 10.2 Å². The highest BCUT2D eigenvalue weighted by atomic mass is 16.2. The highest BCUT2D eigenvalue weighted by Crippen LogP contribution is 2.35. The predicted octanol–water partition coefficient (Wildman–Crippen LogP) is 4.35. The van der Waals surface area contributed by atoms with E-state index < -0.39 is 0 Å². The molecule has 5 rings (SSSR count). The lowest BCUT2D eigenvalue weighted by Crippen LogP contribution is -2.46. The lowest BCUT2D eigenvalue weighted by molar-refractivity contribution is -0.120. The minimum Gasteiger partial charge on any atom is -0.354 e. The van der Waals surface area contributed by atoms with Crippen molar-refractivity contribution < 1.29 is 9.59 Å². The summed E-state index contributed by atoms with van der Waals surface area (Å²) >= 11 is 0. The molecule has 1 saturated heterocycles. The highest BCUT2D eigenvalue weighted by molar-refractivity contribution is 6.06. The predicted molar refractivity (Wildman–Crippen MR) is 135 cm³/mol. The highest BCUT2D eigenvalue weighted by Gasteiger charge is 2.38. The van der Waals surface area contributed by atoms with Gasteiger partial charge in [-0.2, -0.15) is 0 Å². The van der Waals surface area contributed by atoms with Crippen molar-refractivity contribution in [3.05, 3.63) is 101 Å². The van der Waals surface area contributed by atoms with Crippen LogP contribution in [0.15, 0.2) is 78.9 Å². The summed E-state index contributed by atoms with van der Waals surface area (Å²) in [5.41, 5.74) is 5.09. The Hall–Kier alpha value is -3.44. The standard InChI is InChI=1S/C29H31N3O2/c1-21-11-13-22(14-12-21)17-28(33)30-18-25-15-16-26-20-32(29(34)23-7-3-2-4-8-23)27-10-6-5-9-24(27)19-31(25)26/h2-14,25-26H,15-20H2,1H3,(H,30,33)/t25-,26-/m1/s1. The summed E-state index contributed by atoms with van der Waals surface area (Å²) in [7, 11) is 0. The van der Waals surface area contributed by atoms with E-state index in [1.165, 1.54) is 5.56 Å². The number of carbonyl (C=O) groups excluding carboxylic acids is 2. The van der Waals surface area contributed by atoms with E-state index in [4.69, 9.17) is 0 Å². The van der Waals surface area contributed by atoms with Crippen LogP contribution in [0.3, 0.4) is 0 Å². The number of amides is 2. The molecule has 0 aromatic heterocycles. The number of rotatable bonds is 5. The van der Waals surface area contributed by atoms with Crippen molar-refractivity contribution in [2.24, 2.45) is 0 Å². The van der Waals surface area contributed by atoms with Crippen molar-refractivity contribution in [3.63, 3.8) is 0 Å². The molecule has 2 aliphatic rings. The zero-order valence-electron chi connectivity index (χ0n) is 19.6. The first-order chi connectivity index (χ1) is 16.6. The van der Waals surface area contributed by atoms with Gasteiger partial charge in [0.05, 0.1) is 6.42 Å². The molecule has 5 nitrogen and oxygen atoms in total. The number of nitrogens with one attached hydrogen (secondary N) is 1. The van der Waals surface area contributed by atoms with Crippen LogP contribution >= 0.6 is 0 Å². The van der Waals surface area contributed by atoms with Gasteiger partial charge in [0.25, 0.3) is 5.91 Å². The second kappa shape index (κ2) is 9.82. The SMILES string of the molecule is Cc1ccc(CC(=O)NC[C@H]2CC[C@@H]3CN(C(=O)c4ccccc4)c4ccccc4CN23)cc1. The van der Waals surface area contributed by atoms with Gasteiger partial charge in [-0.05, 0) is 49.1 Å². The molecule has 2 heterocycles. The van der Waals surface area contributed by atoms with E-state index >= 15 is 0 Å². The smallest absolute Gasteiger partial charge is 0.258 e. The van der Waals surface area contributed by atoms with Crippen LogP contribution in [0.1, 0.15) is 39.9 Å². The zero-order chi connectivity index (χ0) is 23.5. The molecule has 5 heteroatoms. The number of aryl methyl sites for hydroxylation is 1. The molecule has 0 saturated carbocycles. The van der Waals surface area contributed by atoms with Crippen molar-refractivity contribution in [2.45, 2.75) is 44.8 Å². The second-order valence-electron chi connectivity index (χ2n) is 9.43. The Morgan fingerprint density at radius 2 is 1.65 bits per heavy atom. The van der Waals surface area contributed by atoms with E-state index in [2.05, 4.69) is 22.3 Å². The zero-order valence-corrected chi connectivity index (χ0v) is 19.6. The number of hydrogen-bond donors (Lipinski definition) is 1. The van der Waals surface area contributed by atoms with Gasteiger partial charge >= 0.3 is 0 Å². The van der Waals surface area contributed by atoms with Gasteiger partial charge in [0.15, 0.2) is 0 Å². The summed E-state index contributed by atoms with van der Waals surface area (Å²) in [6.45, 7) is 4.14. The van der Waals surface area contributed by atoms with Gasteiger partial charge in [0.1, 0.15) is 0 Å². The van der Waals surface area contributed by atoms with E-state index in [1.54, 1.807) is 0 Å². The number of para-hydroxylation sites is 1. The third kappa shape index (κ3) is 4.75. The minimum atomic E-state index is 0.0461. The molecule has 1 fully saturated rings. The summed E-state index contributed by atoms with van der Waals surface area (Å²) in [6, 6.07) is 26.4. The number of anilines is 1. The Balaban J connectivity index is 1.29. The fourth-order valence-corrected chi connectivity index (χ4v) is 5.22. The van der Waals surface area contributed by atoms with Crippen molar-refractivity contribution >= 4 is 17.5 Å². The fraction of sp³-hybridized carbons (Fsp3) is 0.310. The molecule has 3 aromatic carbocycles. The maximum atomic E-state index is 13.4. The minimum absolute atomic E-state index is 0.0461. The van der Waals surface area contributed by atoms with Gasteiger partial charge < -0.3 is 10.2 Å². The Bertz CT molecular complexity index is 1160. The van der Waals surface area contributed by atoms with Gasteiger partial charge in [0, 0.05) is 43.0 Å². The Labute approximate surface area is 201 Å². The number of benzene rings is 3.